The number of ether oxygens (including phenoxy) is 1. The molecule has 0 spiro atoms. The summed E-state index contributed by atoms with van der Waals surface area (Å²) in [5, 5.41) is 2.70. The summed E-state index contributed by atoms with van der Waals surface area (Å²) >= 11 is 0. The van der Waals surface area contributed by atoms with E-state index in [4.69, 9.17) is 4.74 Å². The largest absolute Gasteiger partial charge is 0.493 e. The van der Waals surface area contributed by atoms with Crippen LogP contribution in [0.1, 0.15) is 23.7 Å². The molecule has 0 radical (unpaired) electrons. The van der Waals surface area contributed by atoms with Crippen LogP contribution in [0.25, 0.3) is 0 Å². The van der Waals surface area contributed by atoms with Crippen LogP contribution in [-0.4, -0.2) is 24.3 Å². The number of ketones is 1. The van der Waals surface area contributed by atoms with Gasteiger partial charge in [0.15, 0.2) is 5.78 Å². The molecule has 1 N–H and O–H groups in total. The van der Waals surface area contributed by atoms with Crippen molar-refractivity contribution < 1.29 is 14.3 Å². The van der Waals surface area contributed by atoms with Crippen LogP contribution in [-0.2, 0) is 4.79 Å². The van der Waals surface area contributed by atoms with E-state index in [0.29, 0.717) is 24.3 Å². The van der Waals surface area contributed by atoms with E-state index in [9.17, 15) is 9.59 Å². The van der Waals surface area contributed by atoms with Crippen LogP contribution < -0.4 is 10.1 Å². The van der Waals surface area contributed by atoms with E-state index >= 15 is 0 Å². The van der Waals surface area contributed by atoms with Crippen LogP contribution in [0.3, 0.4) is 0 Å². The molecule has 1 unspecified atom stereocenters. The third-order valence-electron chi connectivity index (χ3n) is 2.77. The van der Waals surface area contributed by atoms with E-state index in [1.807, 2.05) is 6.07 Å². The van der Waals surface area contributed by atoms with Gasteiger partial charge in [0.1, 0.15) is 5.75 Å². The number of para-hydroxylation sites is 1. The maximum atomic E-state index is 12.3. The number of rotatable bonds is 2. The van der Waals surface area contributed by atoms with Gasteiger partial charge in [-0.15, -0.1) is 0 Å². The van der Waals surface area contributed by atoms with Gasteiger partial charge in [-0.2, -0.15) is 0 Å². The minimum Gasteiger partial charge on any atom is -0.493 e. The van der Waals surface area contributed by atoms with Crippen LogP contribution >= 0.6 is 0 Å². The molecule has 0 aliphatic carbocycles. The second kappa shape index (κ2) is 5.49. The number of hydrogen-bond acceptors (Lipinski definition) is 3. The van der Waals surface area contributed by atoms with Gasteiger partial charge in [-0.3, -0.25) is 9.59 Å². The number of carbonyl (C=O) groups excluding carboxylic acids is 2. The Balaban J connectivity index is 2.20. The van der Waals surface area contributed by atoms with Gasteiger partial charge < -0.3 is 10.1 Å². The minimum absolute atomic E-state index is 0.0963. The maximum Gasteiger partial charge on any atom is 0.244 e. The lowest BCUT2D eigenvalue weighted by Crippen LogP contribution is -2.40. The highest BCUT2D eigenvalue weighted by molar-refractivity contribution is 6.05. The van der Waals surface area contributed by atoms with Crippen LogP contribution in [0.5, 0.6) is 5.75 Å². The molecule has 4 nitrogen and oxygen atoms in total. The number of fused-ring (bicyclic) bond motifs is 1. The van der Waals surface area contributed by atoms with Crippen LogP contribution in [0, 0.1) is 0 Å². The van der Waals surface area contributed by atoms with Crippen molar-refractivity contribution in [3.8, 4) is 5.75 Å². The first-order chi connectivity index (χ1) is 8.72. The number of Topliss-reactive ketones (excluding diaryl/α,β-unsaturated/α-hetero) is 1. The van der Waals surface area contributed by atoms with E-state index < -0.39 is 6.04 Å². The summed E-state index contributed by atoms with van der Waals surface area (Å²) < 4.78 is 5.50. The first-order valence-corrected chi connectivity index (χ1v) is 5.91. The van der Waals surface area contributed by atoms with Crippen molar-refractivity contribution in [3.63, 3.8) is 0 Å². The van der Waals surface area contributed by atoms with Crippen molar-refractivity contribution in [2.75, 3.05) is 6.61 Å². The Hall–Kier alpha value is -2.10. The highest BCUT2D eigenvalue weighted by atomic mass is 16.5. The number of allylic oxidation sites excluding steroid dienone is 1. The molecule has 1 aliphatic rings. The van der Waals surface area contributed by atoms with Crippen molar-refractivity contribution in [3.05, 3.63) is 42.0 Å². The van der Waals surface area contributed by atoms with E-state index in [-0.39, 0.29) is 11.7 Å². The molecule has 0 saturated heterocycles. The molecule has 1 aliphatic heterocycles. The molecular weight excluding hydrogens is 230 g/mol. The molecule has 4 heteroatoms. The lowest BCUT2D eigenvalue weighted by atomic mass is 10.0. The highest BCUT2D eigenvalue weighted by Gasteiger charge is 2.26. The Morgan fingerprint density at radius 3 is 3.00 bits per heavy atom. The Kier molecular flexibility index (Phi) is 3.77. The van der Waals surface area contributed by atoms with E-state index in [2.05, 4.69) is 5.32 Å². The van der Waals surface area contributed by atoms with Crippen molar-refractivity contribution in [2.45, 2.75) is 19.4 Å². The summed E-state index contributed by atoms with van der Waals surface area (Å²) in [7, 11) is 0. The fourth-order valence-electron chi connectivity index (χ4n) is 1.91. The molecule has 1 heterocycles. The van der Waals surface area contributed by atoms with Gasteiger partial charge in [0.2, 0.25) is 5.91 Å². The quantitative estimate of drug-likeness (QED) is 0.807. The van der Waals surface area contributed by atoms with Crippen molar-refractivity contribution in [1.29, 1.82) is 0 Å². The van der Waals surface area contributed by atoms with Crippen molar-refractivity contribution >= 4 is 11.7 Å². The van der Waals surface area contributed by atoms with Crippen LogP contribution in [0.4, 0.5) is 0 Å². The topological polar surface area (TPSA) is 55.4 Å². The lowest BCUT2D eigenvalue weighted by Gasteiger charge is -2.13. The summed E-state index contributed by atoms with van der Waals surface area (Å²) in [5.41, 5.74) is 0.528. The zero-order valence-corrected chi connectivity index (χ0v) is 10.2. The average molecular weight is 245 g/mol. The van der Waals surface area contributed by atoms with Gasteiger partial charge in [-0.1, -0.05) is 18.2 Å². The number of nitrogens with one attached hydrogen (secondary N) is 1. The minimum atomic E-state index is -0.516. The maximum absolute atomic E-state index is 12.3. The zero-order chi connectivity index (χ0) is 13.0. The fourth-order valence-corrected chi connectivity index (χ4v) is 1.91. The highest BCUT2D eigenvalue weighted by Crippen LogP contribution is 2.23. The molecule has 1 amide bonds. The molecule has 18 heavy (non-hydrogen) atoms. The smallest absolute Gasteiger partial charge is 0.244 e. The summed E-state index contributed by atoms with van der Waals surface area (Å²) in [6.45, 7) is 2.18. The number of benzene rings is 1. The number of amides is 1. The Morgan fingerprint density at radius 2 is 2.22 bits per heavy atom. The molecule has 0 saturated carbocycles. The van der Waals surface area contributed by atoms with Gasteiger partial charge in [-0.05, 0) is 25.1 Å². The first-order valence-electron chi connectivity index (χ1n) is 5.91. The molecule has 94 valence electrons. The van der Waals surface area contributed by atoms with Crippen LogP contribution in [0.2, 0.25) is 0 Å². The molecule has 2 rings (SSSR count). The third kappa shape index (κ3) is 2.59. The molecule has 0 aromatic heterocycles. The summed E-state index contributed by atoms with van der Waals surface area (Å²) in [6.07, 6.45) is 3.53. The van der Waals surface area contributed by atoms with Gasteiger partial charge in [-0.25, -0.2) is 0 Å². The standard InChI is InChI=1S/C14H15NO3/c1-2-5-13(16)15-11-8-9-18-12-7-4-3-6-10(12)14(11)17/h2-7,11H,8-9H2,1H3,(H,15,16)/b5-2+. The number of carbonyl (C=O) groups is 2. The van der Waals surface area contributed by atoms with Gasteiger partial charge in [0.25, 0.3) is 0 Å². The number of hydrogen-bond donors (Lipinski definition) is 1. The molecule has 1 aromatic rings. The molecule has 0 fully saturated rings. The lowest BCUT2D eigenvalue weighted by molar-refractivity contribution is -0.117. The normalized spacial score (nSPS) is 18.9. The van der Waals surface area contributed by atoms with E-state index in [1.54, 1.807) is 31.2 Å². The van der Waals surface area contributed by atoms with E-state index in [0.717, 1.165) is 0 Å². The summed E-state index contributed by atoms with van der Waals surface area (Å²) in [6, 6.07) is 6.58. The van der Waals surface area contributed by atoms with Gasteiger partial charge >= 0.3 is 0 Å². The summed E-state index contributed by atoms with van der Waals surface area (Å²) in [4.78, 5) is 23.7. The average Bonchev–Trinajstić information content (AvgIpc) is 2.51. The molecule has 1 atom stereocenters. The second-order valence-corrected chi connectivity index (χ2v) is 4.06. The van der Waals surface area contributed by atoms with Crippen molar-refractivity contribution in [1.82, 2.24) is 5.32 Å². The van der Waals surface area contributed by atoms with Crippen LogP contribution in [0.15, 0.2) is 36.4 Å². The Morgan fingerprint density at radius 1 is 1.44 bits per heavy atom. The predicted molar refractivity (Wildman–Crippen MR) is 67.6 cm³/mol. The molecule has 1 aromatic carbocycles. The molecule has 0 bridgehead atoms. The van der Waals surface area contributed by atoms with Gasteiger partial charge in [0, 0.05) is 6.42 Å². The van der Waals surface area contributed by atoms with Gasteiger partial charge in [0.05, 0.1) is 18.2 Å². The third-order valence-corrected chi connectivity index (χ3v) is 2.77. The Labute approximate surface area is 106 Å². The predicted octanol–water partition coefficient (Wildman–Crippen LogP) is 1.71. The van der Waals surface area contributed by atoms with E-state index in [1.165, 1.54) is 6.08 Å². The first kappa shape index (κ1) is 12.4. The second-order valence-electron chi connectivity index (χ2n) is 4.06. The SMILES string of the molecule is C/C=C/C(=O)NC1CCOc2ccccc2C1=O. The monoisotopic (exact) mass is 245 g/mol. The summed E-state index contributed by atoms with van der Waals surface area (Å²) in [5.74, 6) is 0.237. The fraction of sp³-hybridized carbons (Fsp3) is 0.286. The Bertz CT molecular complexity index is 494. The van der Waals surface area contributed by atoms with Crippen molar-refractivity contribution in [2.24, 2.45) is 0 Å². The zero-order valence-electron chi connectivity index (χ0n) is 10.2. The molecular formula is C14H15NO3.